The topological polar surface area (TPSA) is 21.3 Å². The van der Waals surface area contributed by atoms with E-state index in [0.717, 1.165) is 13.2 Å². The van der Waals surface area contributed by atoms with Crippen molar-refractivity contribution in [2.75, 3.05) is 13.2 Å². The lowest BCUT2D eigenvalue weighted by Gasteiger charge is -2.27. The van der Waals surface area contributed by atoms with Crippen LogP contribution in [0, 0.1) is 6.92 Å². The van der Waals surface area contributed by atoms with E-state index in [-0.39, 0.29) is 0 Å². The first-order chi connectivity index (χ1) is 7.77. The van der Waals surface area contributed by atoms with E-state index in [0.29, 0.717) is 12.1 Å². The van der Waals surface area contributed by atoms with Crippen molar-refractivity contribution in [3.05, 3.63) is 35.4 Å². The molecule has 1 aromatic rings. The molecule has 0 aliphatic carbocycles. The second kappa shape index (κ2) is 5.46. The molecule has 2 heteroatoms. The number of nitrogens with one attached hydrogen (secondary N) is 1. The van der Waals surface area contributed by atoms with Crippen molar-refractivity contribution in [1.82, 2.24) is 5.32 Å². The van der Waals surface area contributed by atoms with Crippen LogP contribution >= 0.6 is 0 Å². The van der Waals surface area contributed by atoms with Crippen molar-refractivity contribution in [2.24, 2.45) is 0 Å². The third kappa shape index (κ3) is 2.83. The molecule has 2 rings (SSSR count). The highest BCUT2D eigenvalue weighted by molar-refractivity contribution is 5.28. The average Bonchev–Trinajstić information content (AvgIpc) is 2.31. The number of benzene rings is 1. The second-order valence-corrected chi connectivity index (χ2v) is 4.66. The van der Waals surface area contributed by atoms with E-state index in [2.05, 4.69) is 43.4 Å². The molecular formula is C14H21NO. The Morgan fingerprint density at radius 1 is 1.38 bits per heavy atom. The lowest BCUT2D eigenvalue weighted by Crippen LogP contribution is -2.38. The fourth-order valence-corrected chi connectivity index (χ4v) is 2.39. The Bertz CT molecular complexity index is 331. The van der Waals surface area contributed by atoms with Gasteiger partial charge in [-0.15, -0.1) is 0 Å². The third-order valence-electron chi connectivity index (χ3n) is 3.30. The van der Waals surface area contributed by atoms with Crippen LogP contribution in [0.1, 0.15) is 36.9 Å². The Labute approximate surface area is 98.0 Å². The minimum absolute atomic E-state index is 0.410. The molecule has 1 aromatic carbocycles. The van der Waals surface area contributed by atoms with Gasteiger partial charge in [0.1, 0.15) is 0 Å². The van der Waals surface area contributed by atoms with Gasteiger partial charge in [0.2, 0.25) is 0 Å². The van der Waals surface area contributed by atoms with Crippen molar-refractivity contribution >= 4 is 0 Å². The Morgan fingerprint density at radius 3 is 2.88 bits per heavy atom. The smallest absolute Gasteiger partial charge is 0.0619 e. The van der Waals surface area contributed by atoms with E-state index in [1.807, 2.05) is 0 Å². The zero-order valence-electron chi connectivity index (χ0n) is 10.2. The molecule has 0 radical (unpaired) electrons. The first-order valence-electron chi connectivity index (χ1n) is 6.16. The summed E-state index contributed by atoms with van der Waals surface area (Å²) >= 11 is 0. The van der Waals surface area contributed by atoms with Gasteiger partial charge < -0.3 is 10.1 Å². The SMILES string of the molecule is Cc1ccccc1[C@@H](C)NC1CCCOC1. The molecule has 1 saturated heterocycles. The van der Waals surface area contributed by atoms with E-state index in [4.69, 9.17) is 4.74 Å². The third-order valence-corrected chi connectivity index (χ3v) is 3.30. The fraction of sp³-hybridized carbons (Fsp3) is 0.571. The summed E-state index contributed by atoms with van der Waals surface area (Å²) in [6.45, 7) is 6.19. The van der Waals surface area contributed by atoms with Crippen LogP contribution in [0.2, 0.25) is 0 Å². The summed E-state index contributed by atoms with van der Waals surface area (Å²) in [6.07, 6.45) is 2.41. The molecular weight excluding hydrogens is 198 g/mol. The zero-order chi connectivity index (χ0) is 11.4. The molecule has 16 heavy (non-hydrogen) atoms. The Balaban J connectivity index is 1.96. The molecule has 1 aliphatic heterocycles. The minimum Gasteiger partial charge on any atom is -0.380 e. The molecule has 0 bridgehead atoms. The maximum Gasteiger partial charge on any atom is 0.0619 e. The summed E-state index contributed by atoms with van der Waals surface area (Å²) < 4.78 is 5.49. The molecule has 1 aliphatic rings. The molecule has 0 saturated carbocycles. The number of hydrogen-bond acceptors (Lipinski definition) is 2. The van der Waals surface area contributed by atoms with Gasteiger partial charge in [-0.25, -0.2) is 0 Å². The van der Waals surface area contributed by atoms with Crippen molar-refractivity contribution in [3.63, 3.8) is 0 Å². The Morgan fingerprint density at radius 2 is 2.19 bits per heavy atom. The molecule has 0 spiro atoms. The molecule has 1 unspecified atom stereocenters. The molecule has 88 valence electrons. The van der Waals surface area contributed by atoms with Crippen LogP contribution in [0.5, 0.6) is 0 Å². The minimum atomic E-state index is 0.410. The summed E-state index contributed by atoms with van der Waals surface area (Å²) in [5.74, 6) is 0. The van der Waals surface area contributed by atoms with Gasteiger partial charge in [-0.3, -0.25) is 0 Å². The number of ether oxygens (including phenoxy) is 1. The Kier molecular flexibility index (Phi) is 3.97. The van der Waals surface area contributed by atoms with Crippen molar-refractivity contribution < 1.29 is 4.74 Å². The molecule has 2 atom stereocenters. The highest BCUT2D eigenvalue weighted by Crippen LogP contribution is 2.18. The highest BCUT2D eigenvalue weighted by Gasteiger charge is 2.17. The van der Waals surface area contributed by atoms with Gasteiger partial charge in [-0.05, 0) is 37.8 Å². The summed E-state index contributed by atoms with van der Waals surface area (Å²) in [5.41, 5.74) is 2.76. The van der Waals surface area contributed by atoms with Crippen molar-refractivity contribution in [3.8, 4) is 0 Å². The molecule has 1 heterocycles. The first kappa shape index (κ1) is 11.6. The number of rotatable bonds is 3. The molecule has 1 N–H and O–H groups in total. The largest absolute Gasteiger partial charge is 0.380 e. The maximum absolute atomic E-state index is 5.49. The molecule has 2 nitrogen and oxygen atoms in total. The van der Waals surface area contributed by atoms with Crippen LogP contribution in [-0.4, -0.2) is 19.3 Å². The summed E-state index contributed by atoms with van der Waals surface area (Å²) in [7, 11) is 0. The van der Waals surface area contributed by atoms with Gasteiger partial charge in [0.25, 0.3) is 0 Å². The fourth-order valence-electron chi connectivity index (χ4n) is 2.39. The molecule has 0 aromatic heterocycles. The summed E-state index contributed by atoms with van der Waals surface area (Å²) in [5, 5.41) is 3.65. The molecule has 0 amide bonds. The van der Waals surface area contributed by atoms with Crippen molar-refractivity contribution in [2.45, 2.75) is 38.8 Å². The molecule has 1 fully saturated rings. The second-order valence-electron chi connectivity index (χ2n) is 4.66. The first-order valence-corrected chi connectivity index (χ1v) is 6.16. The summed E-state index contributed by atoms with van der Waals surface area (Å²) in [4.78, 5) is 0. The lowest BCUT2D eigenvalue weighted by atomic mass is 10.0. The van der Waals surface area contributed by atoms with Gasteiger partial charge >= 0.3 is 0 Å². The van der Waals surface area contributed by atoms with Crippen LogP contribution in [0.4, 0.5) is 0 Å². The predicted molar refractivity (Wildman–Crippen MR) is 66.6 cm³/mol. The monoisotopic (exact) mass is 219 g/mol. The standard InChI is InChI=1S/C14H21NO/c1-11-6-3-4-8-14(11)12(2)15-13-7-5-9-16-10-13/h3-4,6,8,12-13,15H,5,7,9-10H2,1-2H3/t12-,13?/m1/s1. The zero-order valence-corrected chi connectivity index (χ0v) is 10.2. The van der Waals surface area contributed by atoms with Gasteiger partial charge in [0.15, 0.2) is 0 Å². The van der Waals surface area contributed by atoms with Gasteiger partial charge in [0, 0.05) is 18.7 Å². The van der Waals surface area contributed by atoms with Crippen LogP contribution in [0.25, 0.3) is 0 Å². The lowest BCUT2D eigenvalue weighted by molar-refractivity contribution is 0.0670. The van der Waals surface area contributed by atoms with Gasteiger partial charge in [-0.2, -0.15) is 0 Å². The summed E-state index contributed by atoms with van der Waals surface area (Å²) in [6, 6.07) is 9.51. The van der Waals surface area contributed by atoms with Gasteiger partial charge in [-0.1, -0.05) is 24.3 Å². The number of hydrogen-bond donors (Lipinski definition) is 1. The average molecular weight is 219 g/mol. The van der Waals surface area contributed by atoms with Crippen LogP contribution in [0.15, 0.2) is 24.3 Å². The Hall–Kier alpha value is -0.860. The van der Waals surface area contributed by atoms with E-state index in [9.17, 15) is 0 Å². The van der Waals surface area contributed by atoms with E-state index in [1.54, 1.807) is 0 Å². The quantitative estimate of drug-likeness (QED) is 0.844. The highest BCUT2D eigenvalue weighted by atomic mass is 16.5. The van der Waals surface area contributed by atoms with E-state index in [1.165, 1.54) is 24.0 Å². The van der Waals surface area contributed by atoms with E-state index < -0.39 is 0 Å². The van der Waals surface area contributed by atoms with Crippen molar-refractivity contribution in [1.29, 1.82) is 0 Å². The predicted octanol–water partition coefficient (Wildman–Crippen LogP) is 2.82. The van der Waals surface area contributed by atoms with Crippen LogP contribution < -0.4 is 5.32 Å². The maximum atomic E-state index is 5.49. The van der Waals surface area contributed by atoms with Gasteiger partial charge in [0.05, 0.1) is 6.61 Å². The van der Waals surface area contributed by atoms with E-state index >= 15 is 0 Å². The van der Waals surface area contributed by atoms with Crippen LogP contribution in [-0.2, 0) is 4.74 Å². The normalized spacial score (nSPS) is 23.0. The number of aryl methyl sites for hydroxylation is 1. The van der Waals surface area contributed by atoms with Crippen LogP contribution in [0.3, 0.4) is 0 Å².